The summed E-state index contributed by atoms with van der Waals surface area (Å²) in [5, 5.41) is 10.9. The largest absolute Gasteiger partial charge is 0.466 e. The number of fused-ring (bicyclic) bond motifs is 5. The monoisotopic (exact) mass is 778 g/mol. The Balaban J connectivity index is 1.58. The number of aliphatic hydroxyl groups excluding tert-OH is 1. The van der Waals surface area contributed by atoms with Gasteiger partial charge in [-0.05, 0) is 92.3 Å². The van der Waals surface area contributed by atoms with E-state index in [1.165, 1.54) is 34.6 Å². The number of carbonyl (C=O) groups excluding carboxylic acids is 5. The summed E-state index contributed by atoms with van der Waals surface area (Å²) >= 11 is 0. The predicted octanol–water partition coefficient (Wildman–Crippen LogP) is 5.70. The van der Waals surface area contributed by atoms with E-state index >= 15 is 0 Å². The standard InChI is InChI=1S/C42H66O13/c1-22(2)11-10-12-28(20-49-23(3)43)31-13-14-32-30-18-35(51-24(4)44)34-17-29(48)15-16-41(34,8)33(30)19-37(42(31,32)9)55-40-39(54-27(7)47)38(53-26(6)46)36(21-50-40)52-25(5)45/h22,28-40,48H,10-21H2,1-9H3/t28-,29+,30-,31+,32-,33-,34+,35+,36+,37+,38-,39+,40-,41+,42+/m0/s1. The third kappa shape index (κ3) is 9.52. The molecule has 4 saturated carbocycles. The van der Waals surface area contributed by atoms with Crippen molar-refractivity contribution in [2.75, 3.05) is 13.2 Å². The Hall–Kier alpha value is -2.77. The van der Waals surface area contributed by atoms with Gasteiger partial charge in [-0.3, -0.25) is 24.0 Å². The van der Waals surface area contributed by atoms with E-state index in [0.29, 0.717) is 38.2 Å². The SMILES string of the molecule is CC(=O)OC[C@H](CCCC(C)C)[C@H]1CC[C@H]2[C@@H]3C[C@@H](OC(C)=O)[C@H]4C[C@H](O)CC[C@]4(C)[C@H]3C[C@@H](O[C@@H]3OC[C@@H](OC(C)=O)[C@H](OC(C)=O)[C@H]3OC(C)=O)[C@]12C. The summed E-state index contributed by atoms with van der Waals surface area (Å²) in [7, 11) is 0. The zero-order valence-corrected chi connectivity index (χ0v) is 34.4. The molecule has 55 heavy (non-hydrogen) atoms. The van der Waals surface area contributed by atoms with Crippen LogP contribution in [-0.4, -0.2) is 91.1 Å². The second kappa shape index (κ2) is 17.8. The van der Waals surface area contributed by atoms with Gasteiger partial charge in [0.25, 0.3) is 0 Å². The summed E-state index contributed by atoms with van der Waals surface area (Å²) in [5.41, 5.74) is -0.739. The molecule has 4 aliphatic carbocycles. The van der Waals surface area contributed by atoms with Crippen molar-refractivity contribution in [3.63, 3.8) is 0 Å². The summed E-state index contributed by atoms with van der Waals surface area (Å²) in [5.74, 6) is -1.39. The van der Waals surface area contributed by atoms with Crippen molar-refractivity contribution < 1.29 is 62.2 Å². The van der Waals surface area contributed by atoms with Crippen LogP contribution in [0.1, 0.15) is 127 Å². The molecule has 1 N–H and O–H groups in total. The van der Waals surface area contributed by atoms with Gasteiger partial charge in [0.2, 0.25) is 0 Å². The third-order valence-electron chi connectivity index (χ3n) is 14.1. The Morgan fingerprint density at radius 3 is 1.98 bits per heavy atom. The Morgan fingerprint density at radius 2 is 1.36 bits per heavy atom. The number of carbonyl (C=O) groups is 5. The van der Waals surface area contributed by atoms with Gasteiger partial charge in [0.1, 0.15) is 6.10 Å². The molecule has 5 rings (SSSR count). The minimum Gasteiger partial charge on any atom is -0.466 e. The minimum absolute atomic E-state index is 0.0334. The van der Waals surface area contributed by atoms with Crippen LogP contribution in [0.2, 0.25) is 0 Å². The van der Waals surface area contributed by atoms with Crippen LogP contribution in [0.4, 0.5) is 0 Å². The minimum atomic E-state index is -1.23. The van der Waals surface area contributed by atoms with Crippen molar-refractivity contribution >= 4 is 29.8 Å². The molecule has 0 spiro atoms. The molecule has 1 saturated heterocycles. The van der Waals surface area contributed by atoms with Gasteiger partial charge in [0, 0.05) is 46.0 Å². The van der Waals surface area contributed by atoms with Crippen LogP contribution in [0.5, 0.6) is 0 Å². The van der Waals surface area contributed by atoms with Gasteiger partial charge in [-0.1, -0.05) is 40.5 Å². The molecular weight excluding hydrogens is 712 g/mol. The van der Waals surface area contributed by atoms with Gasteiger partial charge in [-0.15, -0.1) is 0 Å². The van der Waals surface area contributed by atoms with E-state index < -0.39 is 60.1 Å². The molecule has 1 heterocycles. The van der Waals surface area contributed by atoms with E-state index in [1.54, 1.807) is 0 Å². The van der Waals surface area contributed by atoms with E-state index in [4.69, 9.17) is 33.2 Å². The summed E-state index contributed by atoms with van der Waals surface area (Å²) in [6, 6.07) is 0. The highest BCUT2D eigenvalue weighted by molar-refractivity contribution is 5.68. The number of aliphatic hydroxyl groups is 1. The Kier molecular flexibility index (Phi) is 14.0. The van der Waals surface area contributed by atoms with Crippen molar-refractivity contribution in [2.45, 2.75) is 169 Å². The Labute approximate surface area is 326 Å². The molecule has 0 amide bonds. The van der Waals surface area contributed by atoms with Crippen LogP contribution in [-0.2, 0) is 57.1 Å². The Bertz CT molecular complexity index is 1400. The topological polar surface area (TPSA) is 170 Å². The summed E-state index contributed by atoms with van der Waals surface area (Å²) in [6.45, 7) is 15.8. The second-order valence-corrected chi connectivity index (χ2v) is 18.1. The van der Waals surface area contributed by atoms with Crippen molar-refractivity contribution in [3.8, 4) is 0 Å². The molecular formula is C42H66O13. The fraction of sp³-hybridized carbons (Fsp3) is 0.881. The molecule has 13 nitrogen and oxygen atoms in total. The van der Waals surface area contributed by atoms with Crippen LogP contribution in [0.15, 0.2) is 0 Å². The van der Waals surface area contributed by atoms with Crippen molar-refractivity contribution in [2.24, 2.45) is 52.3 Å². The van der Waals surface area contributed by atoms with E-state index in [1.807, 2.05) is 0 Å². The van der Waals surface area contributed by atoms with Crippen LogP contribution in [0, 0.1) is 52.3 Å². The number of hydrogen-bond acceptors (Lipinski definition) is 13. The molecule has 13 heteroatoms. The second-order valence-electron chi connectivity index (χ2n) is 18.1. The number of ether oxygens (including phenoxy) is 7. The quantitative estimate of drug-likeness (QED) is 0.137. The smallest absolute Gasteiger partial charge is 0.303 e. The molecule has 312 valence electrons. The van der Waals surface area contributed by atoms with E-state index in [-0.39, 0.29) is 65.6 Å². The first kappa shape index (κ1) is 43.4. The molecule has 0 aromatic rings. The fourth-order valence-corrected chi connectivity index (χ4v) is 11.9. The van der Waals surface area contributed by atoms with Crippen LogP contribution in [0.25, 0.3) is 0 Å². The lowest BCUT2D eigenvalue weighted by Crippen LogP contribution is -2.64. The number of esters is 5. The molecule has 0 radical (unpaired) electrons. The van der Waals surface area contributed by atoms with Crippen LogP contribution < -0.4 is 0 Å². The average molecular weight is 779 g/mol. The molecule has 0 unspecified atom stereocenters. The van der Waals surface area contributed by atoms with Crippen molar-refractivity contribution in [3.05, 3.63) is 0 Å². The van der Waals surface area contributed by atoms with Crippen LogP contribution >= 0.6 is 0 Å². The van der Waals surface area contributed by atoms with E-state index in [0.717, 1.165) is 38.5 Å². The van der Waals surface area contributed by atoms with Crippen molar-refractivity contribution in [1.82, 2.24) is 0 Å². The average Bonchev–Trinajstić information content (AvgIpc) is 3.43. The van der Waals surface area contributed by atoms with Crippen LogP contribution in [0.3, 0.4) is 0 Å². The molecule has 5 aliphatic rings. The molecule has 0 aromatic heterocycles. The van der Waals surface area contributed by atoms with Gasteiger partial charge >= 0.3 is 29.8 Å². The normalized spacial score (nSPS) is 40.1. The third-order valence-corrected chi connectivity index (χ3v) is 14.1. The fourth-order valence-electron chi connectivity index (χ4n) is 11.9. The highest BCUT2D eigenvalue weighted by Gasteiger charge is 2.67. The lowest BCUT2D eigenvalue weighted by molar-refractivity contribution is -0.316. The van der Waals surface area contributed by atoms with Gasteiger partial charge in [0.05, 0.1) is 25.4 Å². The molecule has 0 aromatic carbocycles. The van der Waals surface area contributed by atoms with E-state index in [2.05, 4.69) is 27.7 Å². The highest BCUT2D eigenvalue weighted by atomic mass is 16.7. The number of rotatable bonds is 13. The first-order valence-corrected chi connectivity index (χ1v) is 20.6. The molecule has 5 fully saturated rings. The van der Waals surface area contributed by atoms with Gasteiger partial charge in [-0.25, -0.2) is 0 Å². The summed E-state index contributed by atoms with van der Waals surface area (Å²) in [4.78, 5) is 61.9. The zero-order chi connectivity index (χ0) is 40.4. The molecule has 1 aliphatic heterocycles. The van der Waals surface area contributed by atoms with Crippen molar-refractivity contribution in [1.29, 1.82) is 0 Å². The van der Waals surface area contributed by atoms with Gasteiger partial charge in [0.15, 0.2) is 24.6 Å². The first-order valence-electron chi connectivity index (χ1n) is 20.6. The maximum absolute atomic E-state index is 12.6. The first-order chi connectivity index (χ1) is 25.8. The summed E-state index contributed by atoms with van der Waals surface area (Å²) in [6.07, 6.45) is 2.20. The zero-order valence-electron chi connectivity index (χ0n) is 34.4. The summed E-state index contributed by atoms with van der Waals surface area (Å²) < 4.78 is 42.4. The maximum Gasteiger partial charge on any atom is 0.303 e. The number of hydrogen-bond donors (Lipinski definition) is 1. The lowest BCUT2D eigenvalue weighted by atomic mass is 9.43. The molecule has 15 atom stereocenters. The Morgan fingerprint density at radius 1 is 0.727 bits per heavy atom. The lowest BCUT2D eigenvalue weighted by Gasteiger charge is -2.64. The van der Waals surface area contributed by atoms with E-state index in [9.17, 15) is 29.1 Å². The van der Waals surface area contributed by atoms with Gasteiger partial charge in [-0.2, -0.15) is 0 Å². The predicted molar refractivity (Wildman–Crippen MR) is 198 cm³/mol. The highest BCUT2D eigenvalue weighted by Crippen LogP contribution is 2.69. The van der Waals surface area contributed by atoms with Gasteiger partial charge < -0.3 is 38.3 Å². The molecule has 0 bridgehead atoms. The maximum atomic E-state index is 12.6.